The number of hydrogen-bond donors (Lipinski definition) is 0. The van der Waals surface area contributed by atoms with Gasteiger partial charge in [-0.1, -0.05) is 6.07 Å². The molecule has 4 heteroatoms. The summed E-state index contributed by atoms with van der Waals surface area (Å²) < 4.78 is 27.2. The van der Waals surface area contributed by atoms with Crippen LogP contribution >= 0.6 is 0 Å². The molecule has 1 aromatic heterocycles. The van der Waals surface area contributed by atoms with Crippen molar-refractivity contribution in [3.63, 3.8) is 0 Å². The first-order chi connectivity index (χ1) is 13.2. The van der Waals surface area contributed by atoms with E-state index in [0.29, 0.717) is 11.8 Å². The molecule has 1 aliphatic heterocycles. The van der Waals surface area contributed by atoms with Crippen LogP contribution in [0, 0.1) is 17.6 Å². The molecule has 0 radical (unpaired) electrons. The third-order valence-electron chi connectivity index (χ3n) is 6.06. The van der Waals surface area contributed by atoms with Crippen LogP contribution < -0.4 is 0 Å². The minimum Gasteiger partial charge on any atom is -0.257 e. The molecular formula is C23H20F2N2. The van der Waals surface area contributed by atoms with Crippen LogP contribution in [-0.4, -0.2) is 10.7 Å². The standard InChI is InChI=1S/C23H20F2N2/c24-17-7-8-21-20(12-17)19(9-10-26-21)14-1-3-15(4-2-14)22-11-16-5-6-18(25)13-23(16)27-22/h5-10,12-15H,1-4,11H2. The largest absolute Gasteiger partial charge is 0.257 e. The quantitative estimate of drug-likeness (QED) is 0.539. The molecule has 0 bridgehead atoms. The number of rotatable bonds is 2. The van der Waals surface area contributed by atoms with E-state index in [1.165, 1.54) is 29.5 Å². The van der Waals surface area contributed by atoms with E-state index in [1.807, 2.05) is 18.3 Å². The minimum atomic E-state index is -0.223. The van der Waals surface area contributed by atoms with E-state index in [-0.39, 0.29) is 11.6 Å². The van der Waals surface area contributed by atoms with Crippen molar-refractivity contribution in [3.8, 4) is 0 Å². The molecule has 0 saturated heterocycles. The van der Waals surface area contributed by atoms with E-state index in [9.17, 15) is 8.78 Å². The topological polar surface area (TPSA) is 25.2 Å². The van der Waals surface area contributed by atoms with Crippen LogP contribution in [0.25, 0.3) is 10.9 Å². The van der Waals surface area contributed by atoms with Gasteiger partial charge in [-0.3, -0.25) is 9.98 Å². The van der Waals surface area contributed by atoms with E-state index in [0.717, 1.165) is 54.3 Å². The zero-order chi connectivity index (χ0) is 18.4. The van der Waals surface area contributed by atoms with Gasteiger partial charge in [-0.05, 0) is 85.0 Å². The summed E-state index contributed by atoms with van der Waals surface area (Å²) in [4.78, 5) is 9.08. The van der Waals surface area contributed by atoms with Crippen molar-refractivity contribution in [2.24, 2.45) is 10.9 Å². The van der Waals surface area contributed by atoms with Gasteiger partial charge in [0, 0.05) is 23.7 Å². The predicted octanol–water partition coefficient (Wildman–Crippen LogP) is 6.12. The van der Waals surface area contributed by atoms with Gasteiger partial charge in [-0.25, -0.2) is 8.78 Å². The van der Waals surface area contributed by atoms with Crippen molar-refractivity contribution >= 4 is 22.3 Å². The van der Waals surface area contributed by atoms with E-state index in [4.69, 9.17) is 4.99 Å². The number of nitrogens with zero attached hydrogens (tertiary/aromatic N) is 2. The molecule has 0 amide bonds. The lowest BCUT2D eigenvalue weighted by atomic mass is 9.76. The molecule has 2 nitrogen and oxygen atoms in total. The molecule has 27 heavy (non-hydrogen) atoms. The summed E-state index contributed by atoms with van der Waals surface area (Å²) in [6.07, 6.45) is 6.93. The number of aromatic nitrogens is 1. The number of hydrogen-bond acceptors (Lipinski definition) is 2. The third kappa shape index (κ3) is 3.03. The Hall–Kier alpha value is -2.62. The van der Waals surface area contributed by atoms with Crippen molar-refractivity contribution < 1.29 is 8.78 Å². The van der Waals surface area contributed by atoms with Crippen LogP contribution in [0.3, 0.4) is 0 Å². The average Bonchev–Trinajstić information content (AvgIpc) is 3.11. The zero-order valence-corrected chi connectivity index (χ0v) is 15.0. The van der Waals surface area contributed by atoms with Crippen molar-refractivity contribution in [2.75, 3.05) is 0 Å². The summed E-state index contributed by atoms with van der Waals surface area (Å²) in [6.45, 7) is 0. The molecule has 1 saturated carbocycles. The monoisotopic (exact) mass is 362 g/mol. The van der Waals surface area contributed by atoms with Crippen LogP contribution in [0.1, 0.15) is 42.7 Å². The summed E-state index contributed by atoms with van der Waals surface area (Å²) >= 11 is 0. The van der Waals surface area contributed by atoms with E-state index in [1.54, 1.807) is 12.1 Å². The Kier molecular flexibility index (Phi) is 4.00. The van der Waals surface area contributed by atoms with Gasteiger partial charge in [-0.2, -0.15) is 0 Å². The van der Waals surface area contributed by atoms with Crippen LogP contribution in [-0.2, 0) is 6.42 Å². The number of benzene rings is 2. The fourth-order valence-electron chi connectivity index (χ4n) is 4.65. The summed E-state index contributed by atoms with van der Waals surface area (Å²) in [6, 6.07) is 11.8. The Bertz CT molecular complexity index is 1050. The summed E-state index contributed by atoms with van der Waals surface area (Å²) in [5.74, 6) is 0.451. The highest BCUT2D eigenvalue weighted by molar-refractivity contribution is 5.95. The van der Waals surface area contributed by atoms with Gasteiger partial charge < -0.3 is 0 Å². The average molecular weight is 362 g/mol. The number of halogens is 2. The SMILES string of the molecule is Fc1ccc2c(c1)N=C(C1CCC(c3ccnc4ccc(F)cc34)CC1)C2. The first-order valence-electron chi connectivity index (χ1n) is 9.57. The fraction of sp³-hybridized carbons (Fsp3) is 0.304. The molecule has 5 rings (SSSR count). The maximum Gasteiger partial charge on any atom is 0.125 e. The second kappa shape index (κ2) is 6.52. The fourth-order valence-corrected chi connectivity index (χ4v) is 4.65. The predicted molar refractivity (Wildman–Crippen MR) is 104 cm³/mol. The summed E-state index contributed by atoms with van der Waals surface area (Å²) in [5, 5.41) is 0.932. The van der Waals surface area contributed by atoms with Crippen molar-refractivity contribution in [1.29, 1.82) is 0 Å². The lowest BCUT2D eigenvalue weighted by Crippen LogP contribution is -2.21. The van der Waals surface area contributed by atoms with Crippen LogP contribution in [0.15, 0.2) is 53.7 Å². The van der Waals surface area contributed by atoms with E-state index in [2.05, 4.69) is 4.98 Å². The van der Waals surface area contributed by atoms with Crippen LogP contribution in [0.4, 0.5) is 14.5 Å². The maximum absolute atomic E-state index is 13.7. The van der Waals surface area contributed by atoms with Gasteiger partial charge in [0.15, 0.2) is 0 Å². The maximum atomic E-state index is 13.7. The number of fused-ring (bicyclic) bond motifs is 2. The van der Waals surface area contributed by atoms with Gasteiger partial charge in [-0.15, -0.1) is 0 Å². The third-order valence-corrected chi connectivity index (χ3v) is 6.06. The molecule has 0 N–H and O–H groups in total. The molecule has 2 aromatic carbocycles. The Morgan fingerprint density at radius 2 is 1.56 bits per heavy atom. The van der Waals surface area contributed by atoms with Gasteiger partial charge >= 0.3 is 0 Å². The van der Waals surface area contributed by atoms with Gasteiger partial charge in [0.05, 0.1) is 11.2 Å². The zero-order valence-electron chi connectivity index (χ0n) is 15.0. The lowest BCUT2D eigenvalue weighted by molar-refractivity contribution is 0.392. The van der Waals surface area contributed by atoms with E-state index < -0.39 is 0 Å². The highest BCUT2D eigenvalue weighted by Gasteiger charge is 2.29. The second-order valence-corrected chi connectivity index (χ2v) is 7.66. The van der Waals surface area contributed by atoms with Gasteiger partial charge in [0.25, 0.3) is 0 Å². The van der Waals surface area contributed by atoms with Crippen molar-refractivity contribution in [3.05, 3.63) is 71.4 Å². The summed E-state index contributed by atoms with van der Waals surface area (Å²) in [7, 11) is 0. The Balaban J connectivity index is 1.34. The Labute approximate surface area is 157 Å². The van der Waals surface area contributed by atoms with Crippen molar-refractivity contribution in [1.82, 2.24) is 4.98 Å². The number of pyridine rings is 1. The van der Waals surface area contributed by atoms with Crippen LogP contribution in [0.5, 0.6) is 0 Å². The minimum absolute atomic E-state index is 0.212. The molecule has 2 aliphatic rings. The Morgan fingerprint density at radius 1 is 0.815 bits per heavy atom. The second-order valence-electron chi connectivity index (χ2n) is 7.66. The van der Waals surface area contributed by atoms with Gasteiger partial charge in [0.2, 0.25) is 0 Å². The number of aliphatic imine (C=N–C) groups is 1. The molecule has 3 aromatic rings. The Morgan fingerprint density at radius 3 is 2.41 bits per heavy atom. The van der Waals surface area contributed by atoms with E-state index >= 15 is 0 Å². The highest BCUT2D eigenvalue weighted by Crippen LogP contribution is 2.41. The lowest BCUT2D eigenvalue weighted by Gasteiger charge is -2.29. The molecule has 1 aliphatic carbocycles. The molecule has 1 fully saturated rings. The van der Waals surface area contributed by atoms with Gasteiger partial charge in [0.1, 0.15) is 11.6 Å². The molecule has 0 unspecified atom stereocenters. The molecule has 2 heterocycles. The molecule has 136 valence electrons. The van der Waals surface area contributed by atoms with Crippen LogP contribution in [0.2, 0.25) is 0 Å². The molecule has 0 spiro atoms. The molecular weight excluding hydrogens is 342 g/mol. The first-order valence-corrected chi connectivity index (χ1v) is 9.57. The summed E-state index contributed by atoms with van der Waals surface area (Å²) in [5.41, 5.74) is 5.18. The normalized spacial score (nSPS) is 21.9. The highest BCUT2D eigenvalue weighted by atomic mass is 19.1. The first kappa shape index (κ1) is 16.5. The molecule has 0 atom stereocenters. The smallest absolute Gasteiger partial charge is 0.125 e. The van der Waals surface area contributed by atoms with Crippen molar-refractivity contribution in [2.45, 2.75) is 38.0 Å².